The topological polar surface area (TPSA) is 33.1 Å². The minimum Gasteiger partial charge on any atom is -0.380 e. The molecule has 106 valence electrons. The van der Waals surface area contributed by atoms with Gasteiger partial charge in [-0.1, -0.05) is 61.9 Å². The van der Waals surface area contributed by atoms with Crippen LogP contribution in [0, 0.1) is 0 Å². The molecule has 0 aliphatic rings. The van der Waals surface area contributed by atoms with Crippen LogP contribution in [-0.2, 0) is 5.60 Å². The fraction of sp³-hybridized carbons (Fsp3) is 0.211. The van der Waals surface area contributed by atoms with E-state index in [0.717, 1.165) is 28.3 Å². The van der Waals surface area contributed by atoms with E-state index in [4.69, 9.17) is 0 Å². The SMILES string of the molecule is CCCC(O)(c1ccccc1)c1cccc2cnccc12. The molecule has 0 saturated carbocycles. The third-order valence-electron chi connectivity index (χ3n) is 3.99. The smallest absolute Gasteiger partial charge is 0.115 e. The lowest BCUT2D eigenvalue weighted by molar-refractivity contribution is 0.0717. The van der Waals surface area contributed by atoms with Gasteiger partial charge in [-0.2, -0.15) is 0 Å². The van der Waals surface area contributed by atoms with Crippen LogP contribution in [0.2, 0.25) is 0 Å². The largest absolute Gasteiger partial charge is 0.380 e. The average molecular weight is 277 g/mol. The number of nitrogens with zero attached hydrogens (tertiary/aromatic N) is 1. The summed E-state index contributed by atoms with van der Waals surface area (Å²) in [5, 5.41) is 13.5. The van der Waals surface area contributed by atoms with Gasteiger partial charge in [0, 0.05) is 17.8 Å². The Kier molecular flexibility index (Phi) is 3.72. The van der Waals surface area contributed by atoms with Crippen molar-refractivity contribution in [3.63, 3.8) is 0 Å². The summed E-state index contributed by atoms with van der Waals surface area (Å²) in [5.74, 6) is 0. The molecule has 2 aromatic carbocycles. The van der Waals surface area contributed by atoms with Crippen molar-refractivity contribution in [1.82, 2.24) is 4.98 Å². The van der Waals surface area contributed by atoms with Gasteiger partial charge in [0.05, 0.1) is 0 Å². The molecule has 1 N–H and O–H groups in total. The van der Waals surface area contributed by atoms with E-state index in [2.05, 4.69) is 11.9 Å². The van der Waals surface area contributed by atoms with Gasteiger partial charge in [0.15, 0.2) is 0 Å². The predicted octanol–water partition coefficient (Wildman–Crippen LogP) is 4.27. The van der Waals surface area contributed by atoms with E-state index >= 15 is 0 Å². The Hall–Kier alpha value is -2.19. The number of fused-ring (bicyclic) bond motifs is 1. The van der Waals surface area contributed by atoms with Gasteiger partial charge in [-0.05, 0) is 29.0 Å². The summed E-state index contributed by atoms with van der Waals surface area (Å²) in [6.45, 7) is 2.10. The van der Waals surface area contributed by atoms with Crippen LogP contribution in [0.1, 0.15) is 30.9 Å². The second-order valence-electron chi connectivity index (χ2n) is 5.38. The minimum absolute atomic E-state index is 0.693. The normalized spacial score (nSPS) is 14.0. The van der Waals surface area contributed by atoms with E-state index in [-0.39, 0.29) is 0 Å². The average Bonchev–Trinajstić information content (AvgIpc) is 2.55. The fourth-order valence-corrected chi connectivity index (χ4v) is 2.99. The van der Waals surface area contributed by atoms with Gasteiger partial charge in [0.1, 0.15) is 5.60 Å². The molecular weight excluding hydrogens is 258 g/mol. The Morgan fingerprint density at radius 1 is 1.00 bits per heavy atom. The highest BCUT2D eigenvalue weighted by atomic mass is 16.3. The molecule has 0 amide bonds. The Balaban J connectivity index is 2.25. The summed E-state index contributed by atoms with van der Waals surface area (Å²) in [7, 11) is 0. The zero-order valence-electron chi connectivity index (χ0n) is 12.2. The summed E-state index contributed by atoms with van der Waals surface area (Å²) in [5.41, 5.74) is 0.934. The number of rotatable bonds is 4. The van der Waals surface area contributed by atoms with E-state index < -0.39 is 5.60 Å². The maximum Gasteiger partial charge on any atom is 0.115 e. The number of pyridine rings is 1. The van der Waals surface area contributed by atoms with Gasteiger partial charge in [-0.3, -0.25) is 4.98 Å². The molecule has 0 fully saturated rings. The van der Waals surface area contributed by atoms with E-state index in [1.165, 1.54) is 0 Å². The number of aliphatic hydroxyl groups is 1. The Morgan fingerprint density at radius 2 is 1.81 bits per heavy atom. The lowest BCUT2D eigenvalue weighted by atomic mass is 9.81. The molecule has 1 atom stereocenters. The second kappa shape index (κ2) is 5.66. The van der Waals surface area contributed by atoms with Gasteiger partial charge < -0.3 is 5.11 Å². The first-order valence-corrected chi connectivity index (χ1v) is 7.37. The molecule has 3 rings (SSSR count). The summed E-state index contributed by atoms with van der Waals surface area (Å²) >= 11 is 0. The van der Waals surface area contributed by atoms with Crippen molar-refractivity contribution < 1.29 is 5.11 Å². The molecule has 0 aliphatic heterocycles. The maximum atomic E-state index is 11.4. The monoisotopic (exact) mass is 277 g/mol. The Morgan fingerprint density at radius 3 is 2.57 bits per heavy atom. The summed E-state index contributed by atoms with van der Waals surface area (Å²) < 4.78 is 0. The molecule has 1 aromatic heterocycles. The zero-order valence-corrected chi connectivity index (χ0v) is 12.2. The molecule has 0 radical (unpaired) electrons. The molecule has 3 aromatic rings. The van der Waals surface area contributed by atoms with Crippen LogP contribution in [0.3, 0.4) is 0 Å². The highest BCUT2D eigenvalue weighted by Gasteiger charge is 2.31. The van der Waals surface area contributed by atoms with Crippen molar-refractivity contribution in [1.29, 1.82) is 0 Å². The molecule has 0 spiro atoms. The van der Waals surface area contributed by atoms with Gasteiger partial charge in [0.25, 0.3) is 0 Å². The van der Waals surface area contributed by atoms with Crippen molar-refractivity contribution in [2.75, 3.05) is 0 Å². The van der Waals surface area contributed by atoms with Gasteiger partial charge in [-0.25, -0.2) is 0 Å². The lowest BCUT2D eigenvalue weighted by Gasteiger charge is -2.30. The first-order valence-electron chi connectivity index (χ1n) is 7.37. The first-order chi connectivity index (χ1) is 10.3. The summed E-state index contributed by atoms with van der Waals surface area (Å²) in [6.07, 6.45) is 5.23. The number of benzene rings is 2. The molecule has 0 saturated heterocycles. The quantitative estimate of drug-likeness (QED) is 0.772. The molecule has 21 heavy (non-hydrogen) atoms. The van der Waals surface area contributed by atoms with Crippen molar-refractivity contribution in [2.24, 2.45) is 0 Å². The van der Waals surface area contributed by atoms with Crippen LogP contribution in [0.15, 0.2) is 67.0 Å². The van der Waals surface area contributed by atoms with Crippen LogP contribution in [0.4, 0.5) is 0 Å². The third-order valence-corrected chi connectivity index (χ3v) is 3.99. The highest BCUT2D eigenvalue weighted by molar-refractivity contribution is 5.86. The molecule has 2 nitrogen and oxygen atoms in total. The van der Waals surface area contributed by atoms with Crippen molar-refractivity contribution in [3.8, 4) is 0 Å². The van der Waals surface area contributed by atoms with Gasteiger partial charge in [0.2, 0.25) is 0 Å². The van der Waals surface area contributed by atoms with Crippen LogP contribution in [0.25, 0.3) is 10.8 Å². The molecule has 0 aliphatic carbocycles. The second-order valence-corrected chi connectivity index (χ2v) is 5.38. The van der Waals surface area contributed by atoms with E-state index in [1.54, 1.807) is 6.20 Å². The number of aromatic nitrogens is 1. The number of hydrogen-bond donors (Lipinski definition) is 1. The Bertz CT molecular complexity index is 733. The van der Waals surface area contributed by atoms with Crippen molar-refractivity contribution in [2.45, 2.75) is 25.4 Å². The lowest BCUT2D eigenvalue weighted by Crippen LogP contribution is -2.27. The summed E-state index contributed by atoms with van der Waals surface area (Å²) in [4.78, 5) is 4.17. The fourth-order valence-electron chi connectivity index (χ4n) is 2.99. The van der Waals surface area contributed by atoms with E-state index in [1.807, 2.05) is 60.8 Å². The Labute approximate surface area is 125 Å². The van der Waals surface area contributed by atoms with E-state index in [9.17, 15) is 5.11 Å². The molecular formula is C19H19NO. The molecule has 0 bridgehead atoms. The number of hydrogen-bond acceptors (Lipinski definition) is 2. The van der Waals surface area contributed by atoms with Crippen molar-refractivity contribution in [3.05, 3.63) is 78.1 Å². The minimum atomic E-state index is -0.961. The standard InChI is InChI=1S/C19H19NO/c1-2-12-19(21,16-8-4-3-5-9-16)18-10-6-7-15-14-20-13-11-17(15)18/h3-11,13-14,21H,2,12H2,1H3. The van der Waals surface area contributed by atoms with Crippen LogP contribution in [0.5, 0.6) is 0 Å². The molecule has 1 heterocycles. The molecule has 2 heteroatoms. The van der Waals surface area contributed by atoms with Gasteiger partial charge in [-0.15, -0.1) is 0 Å². The van der Waals surface area contributed by atoms with Crippen LogP contribution < -0.4 is 0 Å². The third kappa shape index (κ3) is 2.43. The van der Waals surface area contributed by atoms with Crippen LogP contribution in [-0.4, -0.2) is 10.1 Å². The van der Waals surface area contributed by atoms with Gasteiger partial charge >= 0.3 is 0 Å². The summed E-state index contributed by atoms with van der Waals surface area (Å²) in [6, 6.07) is 17.9. The van der Waals surface area contributed by atoms with Crippen molar-refractivity contribution >= 4 is 10.8 Å². The zero-order chi connectivity index (χ0) is 14.7. The maximum absolute atomic E-state index is 11.4. The first kappa shape index (κ1) is 13.8. The molecule has 1 unspecified atom stereocenters. The van der Waals surface area contributed by atoms with Crippen LogP contribution >= 0.6 is 0 Å². The highest BCUT2D eigenvalue weighted by Crippen LogP contribution is 2.37. The predicted molar refractivity (Wildman–Crippen MR) is 86.1 cm³/mol. The van der Waals surface area contributed by atoms with E-state index in [0.29, 0.717) is 6.42 Å².